The molecule has 6 nitrogen and oxygen atoms in total. The summed E-state index contributed by atoms with van der Waals surface area (Å²) in [6.07, 6.45) is 3.83. The van der Waals surface area contributed by atoms with Gasteiger partial charge in [0.25, 0.3) is 5.91 Å². The molecule has 1 heterocycles. The summed E-state index contributed by atoms with van der Waals surface area (Å²) in [5.41, 5.74) is 2.53. The van der Waals surface area contributed by atoms with E-state index in [4.69, 9.17) is 4.74 Å². The van der Waals surface area contributed by atoms with Gasteiger partial charge < -0.3 is 19.1 Å². The van der Waals surface area contributed by atoms with E-state index in [9.17, 15) is 14.0 Å². The first-order chi connectivity index (χ1) is 17.4. The summed E-state index contributed by atoms with van der Waals surface area (Å²) in [5, 5.41) is 0. The zero-order chi connectivity index (χ0) is 25.9. The highest BCUT2D eigenvalue weighted by molar-refractivity contribution is 9.10. The first-order valence-electron chi connectivity index (χ1n) is 12.1. The van der Waals surface area contributed by atoms with Crippen LogP contribution in [0.1, 0.15) is 41.4 Å². The number of amides is 2. The number of nitrogens with zero attached hydrogens (tertiary/aromatic N) is 3. The molecule has 0 aliphatic carbocycles. The molecule has 3 aromatic rings. The lowest BCUT2D eigenvalue weighted by Crippen LogP contribution is -2.44. The van der Waals surface area contributed by atoms with Gasteiger partial charge in [-0.1, -0.05) is 41.4 Å². The van der Waals surface area contributed by atoms with Gasteiger partial charge >= 0.3 is 0 Å². The zero-order valence-corrected chi connectivity index (χ0v) is 22.4. The molecule has 2 amide bonds. The molecule has 1 aromatic heterocycles. The lowest BCUT2D eigenvalue weighted by Gasteiger charge is -2.28. The largest absolute Gasteiger partial charge is 0.383 e. The molecular formula is C28H33BrFN3O3. The maximum atomic E-state index is 13.5. The standard InChI is InChI=1S/C28H33BrFN3O3/c1-3-4-15-32(20-26-6-5-16-31(26)19-22-7-11-24(29)12-8-22)27(34)21-33(17-18-36-2)28(35)23-9-13-25(30)14-10-23/h5-14,16H,3-4,15,17-21H2,1-2H3. The molecular weight excluding hydrogens is 525 g/mol. The Morgan fingerprint density at radius 2 is 1.72 bits per heavy atom. The third-order valence-electron chi connectivity index (χ3n) is 5.95. The number of hydrogen-bond donors (Lipinski definition) is 0. The van der Waals surface area contributed by atoms with Gasteiger partial charge in [0, 0.05) is 48.7 Å². The predicted octanol–water partition coefficient (Wildman–Crippen LogP) is 5.36. The summed E-state index contributed by atoms with van der Waals surface area (Å²) < 4.78 is 21.7. The Morgan fingerprint density at radius 3 is 2.39 bits per heavy atom. The number of ether oxygens (including phenoxy) is 1. The van der Waals surface area contributed by atoms with Crippen LogP contribution in [0.2, 0.25) is 0 Å². The molecule has 0 aliphatic rings. The SMILES string of the molecule is CCCCN(Cc1cccn1Cc1ccc(Br)cc1)C(=O)CN(CCOC)C(=O)c1ccc(F)cc1. The van der Waals surface area contributed by atoms with Crippen molar-refractivity contribution in [2.75, 3.05) is 33.4 Å². The number of hydrogen-bond acceptors (Lipinski definition) is 3. The average molecular weight is 558 g/mol. The topological polar surface area (TPSA) is 54.8 Å². The molecule has 0 saturated heterocycles. The van der Waals surface area contributed by atoms with Gasteiger partial charge in [-0.25, -0.2) is 4.39 Å². The molecule has 0 atom stereocenters. The van der Waals surface area contributed by atoms with Crippen LogP contribution in [0.25, 0.3) is 0 Å². The average Bonchev–Trinajstić information content (AvgIpc) is 3.31. The third-order valence-corrected chi connectivity index (χ3v) is 6.48. The molecule has 8 heteroatoms. The van der Waals surface area contributed by atoms with E-state index in [2.05, 4.69) is 39.6 Å². The van der Waals surface area contributed by atoms with Crippen molar-refractivity contribution in [3.8, 4) is 0 Å². The first kappa shape index (κ1) is 27.6. The van der Waals surface area contributed by atoms with Crippen molar-refractivity contribution in [2.24, 2.45) is 0 Å². The van der Waals surface area contributed by atoms with E-state index in [1.165, 1.54) is 29.2 Å². The van der Waals surface area contributed by atoms with Gasteiger partial charge in [-0.15, -0.1) is 0 Å². The van der Waals surface area contributed by atoms with Gasteiger partial charge in [-0.05, 0) is 60.5 Å². The van der Waals surface area contributed by atoms with Crippen molar-refractivity contribution >= 4 is 27.7 Å². The van der Waals surface area contributed by atoms with Crippen molar-refractivity contribution < 1.29 is 18.7 Å². The molecule has 0 spiro atoms. The molecule has 36 heavy (non-hydrogen) atoms. The van der Waals surface area contributed by atoms with E-state index in [1.807, 2.05) is 35.4 Å². The van der Waals surface area contributed by atoms with Crippen LogP contribution in [0.15, 0.2) is 71.3 Å². The highest BCUT2D eigenvalue weighted by Gasteiger charge is 2.23. The molecule has 0 unspecified atom stereocenters. The van der Waals surface area contributed by atoms with Gasteiger partial charge in [-0.2, -0.15) is 0 Å². The van der Waals surface area contributed by atoms with Crippen LogP contribution < -0.4 is 0 Å². The second-order valence-electron chi connectivity index (χ2n) is 8.65. The van der Waals surface area contributed by atoms with Gasteiger partial charge in [0.2, 0.25) is 5.91 Å². The van der Waals surface area contributed by atoms with Crippen LogP contribution in [0.5, 0.6) is 0 Å². The van der Waals surface area contributed by atoms with Gasteiger partial charge in [-0.3, -0.25) is 9.59 Å². The Morgan fingerprint density at radius 1 is 1.00 bits per heavy atom. The van der Waals surface area contributed by atoms with Crippen LogP contribution in [0.3, 0.4) is 0 Å². The summed E-state index contributed by atoms with van der Waals surface area (Å²) in [7, 11) is 1.55. The maximum Gasteiger partial charge on any atom is 0.254 e. The lowest BCUT2D eigenvalue weighted by atomic mass is 10.2. The number of carbonyl (C=O) groups excluding carboxylic acids is 2. The van der Waals surface area contributed by atoms with E-state index < -0.39 is 5.82 Å². The van der Waals surface area contributed by atoms with Crippen LogP contribution in [0, 0.1) is 5.82 Å². The molecule has 0 bridgehead atoms. The minimum atomic E-state index is -0.414. The molecule has 192 valence electrons. The van der Waals surface area contributed by atoms with Crippen molar-refractivity contribution in [3.05, 3.63) is 94.0 Å². The molecule has 3 rings (SSSR count). The fourth-order valence-electron chi connectivity index (χ4n) is 3.86. The Bertz CT molecular complexity index is 1120. The number of rotatable bonds is 13. The van der Waals surface area contributed by atoms with E-state index in [-0.39, 0.29) is 24.9 Å². The molecule has 0 aliphatic heterocycles. The lowest BCUT2D eigenvalue weighted by molar-refractivity contribution is -0.132. The second kappa shape index (κ2) is 13.9. The zero-order valence-electron chi connectivity index (χ0n) is 20.8. The fourth-order valence-corrected chi connectivity index (χ4v) is 4.13. The number of methoxy groups -OCH3 is 1. The number of aromatic nitrogens is 1. The molecule has 0 radical (unpaired) electrons. The Labute approximate surface area is 220 Å². The van der Waals surface area contributed by atoms with Crippen molar-refractivity contribution in [3.63, 3.8) is 0 Å². The molecule has 0 saturated carbocycles. The monoisotopic (exact) mass is 557 g/mol. The van der Waals surface area contributed by atoms with Crippen LogP contribution >= 0.6 is 15.9 Å². The molecule has 0 fully saturated rings. The summed E-state index contributed by atoms with van der Waals surface area (Å²) >= 11 is 3.47. The number of unbranched alkanes of at least 4 members (excludes halogenated alkanes) is 1. The van der Waals surface area contributed by atoms with Crippen molar-refractivity contribution in [1.82, 2.24) is 14.4 Å². The summed E-state index contributed by atoms with van der Waals surface area (Å²) in [4.78, 5) is 29.9. The smallest absolute Gasteiger partial charge is 0.254 e. The highest BCUT2D eigenvalue weighted by Crippen LogP contribution is 2.15. The predicted molar refractivity (Wildman–Crippen MR) is 142 cm³/mol. The highest BCUT2D eigenvalue weighted by atomic mass is 79.9. The van der Waals surface area contributed by atoms with E-state index in [1.54, 1.807) is 7.11 Å². The molecule has 0 N–H and O–H groups in total. The Hall–Kier alpha value is -2.97. The number of benzene rings is 2. The van der Waals surface area contributed by atoms with Crippen LogP contribution in [-0.2, 0) is 22.6 Å². The minimum absolute atomic E-state index is 0.0727. The quantitative estimate of drug-likeness (QED) is 0.284. The van der Waals surface area contributed by atoms with E-state index in [0.29, 0.717) is 31.8 Å². The second-order valence-corrected chi connectivity index (χ2v) is 9.56. The minimum Gasteiger partial charge on any atom is -0.383 e. The van der Waals surface area contributed by atoms with Gasteiger partial charge in [0.15, 0.2) is 0 Å². The third kappa shape index (κ3) is 8.03. The first-order valence-corrected chi connectivity index (χ1v) is 12.9. The van der Waals surface area contributed by atoms with Crippen LogP contribution in [0.4, 0.5) is 4.39 Å². The van der Waals surface area contributed by atoms with E-state index in [0.717, 1.165) is 28.6 Å². The summed E-state index contributed by atoms with van der Waals surface area (Å²) in [6, 6.07) is 17.6. The Balaban J connectivity index is 1.75. The number of carbonyl (C=O) groups is 2. The number of halogens is 2. The summed E-state index contributed by atoms with van der Waals surface area (Å²) in [5.74, 6) is -0.871. The normalized spacial score (nSPS) is 10.9. The van der Waals surface area contributed by atoms with Crippen molar-refractivity contribution in [1.29, 1.82) is 0 Å². The van der Waals surface area contributed by atoms with E-state index >= 15 is 0 Å². The van der Waals surface area contributed by atoms with Gasteiger partial charge in [0.1, 0.15) is 12.4 Å². The molecule has 2 aromatic carbocycles. The van der Waals surface area contributed by atoms with Crippen molar-refractivity contribution in [2.45, 2.75) is 32.9 Å². The van der Waals surface area contributed by atoms with Crippen LogP contribution in [-0.4, -0.2) is 59.5 Å². The Kier molecular flexibility index (Phi) is 10.7. The summed E-state index contributed by atoms with van der Waals surface area (Å²) in [6.45, 7) is 4.32. The fraction of sp³-hybridized carbons (Fsp3) is 0.357. The maximum absolute atomic E-state index is 13.5. The van der Waals surface area contributed by atoms with Gasteiger partial charge in [0.05, 0.1) is 13.2 Å².